The molecule has 2 aromatic heterocycles. The number of aryl methyl sites for hydroxylation is 1. The Morgan fingerprint density at radius 3 is 2.62 bits per heavy atom. The van der Waals surface area contributed by atoms with Gasteiger partial charge in [-0.25, -0.2) is 0 Å². The van der Waals surface area contributed by atoms with Gasteiger partial charge in [-0.2, -0.15) is 0 Å². The van der Waals surface area contributed by atoms with E-state index in [1.165, 1.54) is 5.56 Å². The highest BCUT2D eigenvalue weighted by Gasteiger charge is 2.18. The average molecular weight is 318 g/mol. The fourth-order valence-corrected chi connectivity index (χ4v) is 3.11. The van der Waals surface area contributed by atoms with Gasteiger partial charge in [0.1, 0.15) is 11.3 Å². The number of hydrogen-bond donors (Lipinski definition) is 1. The number of hydrogen-bond acceptors (Lipinski definition) is 2. The van der Waals surface area contributed by atoms with E-state index in [0.29, 0.717) is 12.2 Å². The molecule has 4 rings (SSSR count). The standard InChI is InChI=1S/C20H18N2O2/c1-22-16(20(23)21-12-11-14-7-3-2-4-8-14)13-18-19(22)15-9-5-6-10-17(15)24-18/h2-10,13H,11-12H2,1H3,(H,21,23). The van der Waals surface area contributed by atoms with E-state index in [1.807, 2.05) is 60.1 Å². The highest BCUT2D eigenvalue weighted by Crippen LogP contribution is 2.30. The molecule has 4 nitrogen and oxygen atoms in total. The zero-order chi connectivity index (χ0) is 16.5. The number of amides is 1. The van der Waals surface area contributed by atoms with Gasteiger partial charge in [-0.3, -0.25) is 4.79 Å². The predicted octanol–water partition coefficient (Wildman–Crippen LogP) is 3.90. The van der Waals surface area contributed by atoms with Crippen LogP contribution in [-0.2, 0) is 13.5 Å². The number of nitrogens with one attached hydrogen (secondary N) is 1. The quantitative estimate of drug-likeness (QED) is 0.620. The normalized spacial score (nSPS) is 11.2. The Morgan fingerprint density at radius 2 is 1.79 bits per heavy atom. The Morgan fingerprint density at radius 1 is 1.04 bits per heavy atom. The first-order chi connectivity index (χ1) is 11.7. The number of rotatable bonds is 4. The maximum Gasteiger partial charge on any atom is 0.268 e. The molecule has 24 heavy (non-hydrogen) atoms. The molecular formula is C20H18N2O2. The summed E-state index contributed by atoms with van der Waals surface area (Å²) in [6, 6.07) is 19.8. The van der Waals surface area contributed by atoms with Gasteiger partial charge in [0, 0.05) is 25.0 Å². The fourth-order valence-electron chi connectivity index (χ4n) is 3.11. The fraction of sp³-hybridized carbons (Fsp3) is 0.150. The van der Waals surface area contributed by atoms with Crippen LogP contribution in [0.5, 0.6) is 0 Å². The van der Waals surface area contributed by atoms with Gasteiger partial charge in [-0.05, 0) is 24.1 Å². The first-order valence-electron chi connectivity index (χ1n) is 8.03. The van der Waals surface area contributed by atoms with Gasteiger partial charge in [0.2, 0.25) is 0 Å². The van der Waals surface area contributed by atoms with Crippen LogP contribution >= 0.6 is 0 Å². The van der Waals surface area contributed by atoms with Gasteiger partial charge in [0.25, 0.3) is 5.91 Å². The molecule has 0 atom stereocenters. The maximum atomic E-state index is 12.5. The van der Waals surface area contributed by atoms with Crippen LogP contribution < -0.4 is 5.32 Å². The van der Waals surface area contributed by atoms with E-state index in [9.17, 15) is 4.79 Å². The van der Waals surface area contributed by atoms with Crippen molar-refractivity contribution in [2.75, 3.05) is 6.54 Å². The molecule has 1 N–H and O–H groups in total. The lowest BCUT2D eigenvalue weighted by Crippen LogP contribution is -2.27. The minimum Gasteiger partial charge on any atom is -0.454 e. The number of nitrogens with zero attached hydrogens (tertiary/aromatic N) is 1. The van der Waals surface area contributed by atoms with Crippen molar-refractivity contribution in [3.05, 3.63) is 71.9 Å². The van der Waals surface area contributed by atoms with E-state index in [0.717, 1.165) is 28.5 Å². The van der Waals surface area contributed by atoms with Crippen molar-refractivity contribution in [1.29, 1.82) is 0 Å². The lowest BCUT2D eigenvalue weighted by molar-refractivity contribution is 0.0946. The zero-order valence-corrected chi connectivity index (χ0v) is 13.5. The second-order valence-electron chi connectivity index (χ2n) is 5.89. The van der Waals surface area contributed by atoms with Crippen molar-refractivity contribution in [1.82, 2.24) is 9.88 Å². The molecule has 0 fully saturated rings. The van der Waals surface area contributed by atoms with Gasteiger partial charge in [-0.1, -0.05) is 42.5 Å². The number of benzene rings is 2. The first-order valence-corrected chi connectivity index (χ1v) is 8.03. The number of para-hydroxylation sites is 1. The van der Waals surface area contributed by atoms with Crippen molar-refractivity contribution in [3.8, 4) is 0 Å². The van der Waals surface area contributed by atoms with Crippen LogP contribution in [0.25, 0.3) is 22.1 Å². The molecule has 0 aliphatic heterocycles. The van der Waals surface area contributed by atoms with Gasteiger partial charge in [0.05, 0.1) is 5.52 Å². The smallest absolute Gasteiger partial charge is 0.268 e. The van der Waals surface area contributed by atoms with Gasteiger partial charge in [0.15, 0.2) is 5.58 Å². The number of furan rings is 1. The van der Waals surface area contributed by atoms with E-state index in [4.69, 9.17) is 4.42 Å². The minimum absolute atomic E-state index is 0.0797. The highest BCUT2D eigenvalue weighted by atomic mass is 16.3. The molecule has 1 amide bonds. The van der Waals surface area contributed by atoms with Crippen molar-refractivity contribution >= 4 is 28.0 Å². The van der Waals surface area contributed by atoms with Crippen LogP contribution in [0.4, 0.5) is 0 Å². The second-order valence-corrected chi connectivity index (χ2v) is 5.89. The summed E-state index contributed by atoms with van der Waals surface area (Å²) in [4.78, 5) is 12.5. The molecule has 0 saturated carbocycles. The number of carbonyl (C=O) groups is 1. The summed E-state index contributed by atoms with van der Waals surface area (Å²) < 4.78 is 7.74. The van der Waals surface area contributed by atoms with E-state index >= 15 is 0 Å². The molecule has 0 saturated heterocycles. The van der Waals surface area contributed by atoms with Crippen LogP contribution in [0, 0.1) is 0 Å². The third-order valence-corrected chi connectivity index (χ3v) is 4.33. The molecule has 0 spiro atoms. The summed E-state index contributed by atoms with van der Waals surface area (Å²) in [5, 5.41) is 4.01. The summed E-state index contributed by atoms with van der Waals surface area (Å²) >= 11 is 0. The zero-order valence-electron chi connectivity index (χ0n) is 13.5. The minimum atomic E-state index is -0.0797. The second kappa shape index (κ2) is 5.89. The Labute approximate surface area is 139 Å². The van der Waals surface area contributed by atoms with E-state index in [2.05, 4.69) is 17.4 Å². The largest absolute Gasteiger partial charge is 0.454 e. The monoisotopic (exact) mass is 318 g/mol. The Kier molecular flexibility index (Phi) is 3.58. The molecule has 0 aliphatic carbocycles. The number of carbonyl (C=O) groups excluding carboxylic acids is 1. The van der Waals surface area contributed by atoms with Crippen molar-refractivity contribution < 1.29 is 9.21 Å². The van der Waals surface area contributed by atoms with E-state index < -0.39 is 0 Å². The predicted molar refractivity (Wildman–Crippen MR) is 95.2 cm³/mol. The van der Waals surface area contributed by atoms with E-state index in [-0.39, 0.29) is 5.91 Å². The van der Waals surface area contributed by atoms with Crippen LogP contribution in [0.3, 0.4) is 0 Å². The molecule has 4 aromatic rings. The van der Waals surface area contributed by atoms with Gasteiger partial charge >= 0.3 is 0 Å². The van der Waals surface area contributed by atoms with Crippen LogP contribution in [0.2, 0.25) is 0 Å². The molecule has 2 heterocycles. The van der Waals surface area contributed by atoms with Crippen molar-refractivity contribution in [3.63, 3.8) is 0 Å². The van der Waals surface area contributed by atoms with Gasteiger partial charge < -0.3 is 14.3 Å². The van der Waals surface area contributed by atoms with Crippen LogP contribution in [-0.4, -0.2) is 17.0 Å². The van der Waals surface area contributed by atoms with Crippen molar-refractivity contribution in [2.45, 2.75) is 6.42 Å². The summed E-state index contributed by atoms with van der Waals surface area (Å²) in [6.45, 7) is 0.607. The van der Waals surface area contributed by atoms with Gasteiger partial charge in [-0.15, -0.1) is 0 Å². The molecule has 4 heteroatoms. The summed E-state index contributed by atoms with van der Waals surface area (Å²) in [6.07, 6.45) is 0.816. The summed E-state index contributed by atoms with van der Waals surface area (Å²) in [7, 11) is 1.90. The number of fused-ring (bicyclic) bond motifs is 3. The maximum absolute atomic E-state index is 12.5. The Bertz CT molecular complexity index is 1010. The highest BCUT2D eigenvalue weighted by molar-refractivity contribution is 6.07. The van der Waals surface area contributed by atoms with Crippen LogP contribution in [0.15, 0.2) is 65.1 Å². The Balaban J connectivity index is 1.55. The lowest BCUT2D eigenvalue weighted by Gasteiger charge is -2.06. The third-order valence-electron chi connectivity index (χ3n) is 4.33. The molecule has 2 aromatic carbocycles. The molecule has 0 bridgehead atoms. The summed E-state index contributed by atoms with van der Waals surface area (Å²) in [5.41, 5.74) is 4.37. The molecule has 0 radical (unpaired) electrons. The molecule has 0 aliphatic rings. The molecule has 120 valence electrons. The van der Waals surface area contributed by atoms with Crippen molar-refractivity contribution in [2.24, 2.45) is 7.05 Å². The summed E-state index contributed by atoms with van der Waals surface area (Å²) in [5.74, 6) is -0.0797. The third kappa shape index (κ3) is 2.46. The topological polar surface area (TPSA) is 47.2 Å². The SMILES string of the molecule is Cn1c(C(=O)NCCc2ccccc2)cc2oc3ccccc3c21. The van der Waals surface area contributed by atoms with Crippen LogP contribution in [0.1, 0.15) is 16.1 Å². The average Bonchev–Trinajstić information content (AvgIpc) is 3.12. The lowest BCUT2D eigenvalue weighted by atomic mass is 10.1. The Hall–Kier alpha value is -3.01. The molecular weight excluding hydrogens is 300 g/mol. The van der Waals surface area contributed by atoms with E-state index in [1.54, 1.807) is 0 Å². The first kappa shape index (κ1) is 14.6. The molecule has 0 unspecified atom stereocenters. The number of aromatic nitrogens is 1.